The molecule has 0 spiro atoms. The predicted octanol–water partition coefficient (Wildman–Crippen LogP) is 4.79. The van der Waals surface area contributed by atoms with Crippen LogP contribution in [-0.4, -0.2) is 5.11 Å². The quantitative estimate of drug-likeness (QED) is 0.732. The van der Waals surface area contributed by atoms with Gasteiger partial charge in [-0.2, -0.15) is 0 Å². The van der Waals surface area contributed by atoms with Crippen molar-refractivity contribution in [2.75, 3.05) is 0 Å². The van der Waals surface area contributed by atoms with Crippen molar-refractivity contribution in [2.24, 2.45) is 0 Å². The van der Waals surface area contributed by atoms with Crippen LogP contribution >= 0.6 is 11.3 Å². The number of hydrogen-bond donors (Lipinski definition) is 1. The van der Waals surface area contributed by atoms with Crippen LogP contribution in [0.4, 0.5) is 0 Å². The van der Waals surface area contributed by atoms with Crippen LogP contribution in [0, 0.1) is 13.8 Å². The molecule has 2 aromatic carbocycles. The molecule has 1 unspecified atom stereocenters. The van der Waals surface area contributed by atoms with Gasteiger partial charge in [0.15, 0.2) is 0 Å². The number of fused-ring (bicyclic) bond motifs is 1. The summed E-state index contributed by atoms with van der Waals surface area (Å²) >= 11 is 1.75. The van der Waals surface area contributed by atoms with Crippen LogP contribution in [0.15, 0.2) is 48.5 Å². The largest absolute Gasteiger partial charge is 0.388 e. The Labute approximate surface area is 123 Å². The SMILES string of the molecule is Cc1cc(C(O)Cc2cccc3ccccc23)c(C)s1. The zero-order valence-corrected chi connectivity index (χ0v) is 12.6. The van der Waals surface area contributed by atoms with Crippen molar-refractivity contribution in [3.8, 4) is 0 Å². The first-order valence-electron chi connectivity index (χ1n) is 6.87. The van der Waals surface area contributed by atoms with E-state index in [1.54, 1.807) is 11.3 Å². The van der Waals surface area contributed by atoms with Gasteiger partial charge in [0.1, 0.15) is 0 Å². The highest BCUT2D eigenvalue weighted by Gasteiger charge is 2.14. The third-order valence-electron chi connectivity index (χ3n) is 3.73. The second kappa shape index (κ2) is 5.39. The van der Waals surface area contributed by atoms with Gasteiger partial charge in [-0.3, -0.25) is 0 Å². The lowest BCUT2D eigenvalue weighted by atomic mass is 9.97. The summed E-state index contributed by atoms with van der Waals surface area (Å²) in [7, 11) is 0. The van der Waals surface area contributed by atoms with Gasteiger partial charge in [-0.15, -0.1) is 11.3 Å². The molecule has 0 amide bonds. The zero-order valence-electron chi connectivity index (χ0n) is 11.8. The van der Waals surface area contributed by atoms with Crippen molar-refractivity contribution in [3.63, 3.8) is 0 Å². The lowest BCUT2D eigenvalue weighted by Gasteiger charge is -2.12. The van der Waals surface area contributed by atoms with Gasteiger partial charge in [0, 0.05) is 16.2 Å². The van der Waals surface area contributed by atoms with Crippen molar-refractivity contribution in [1.82, 2.24) is 0 Å². The Morgan fingerprint density at radius 3 is 2.55 bits per heavy atom. The number of thiophene rings is 1. The van der Waals surface area contributed by atoms with Crippen LogP contribution in [0.1, 0.15) is 27.0 Å². The molecule has 0 aliphatic rings. The Balaban J connectivity index is 1.95. The minimum Gasteiger partial charge on any atom is -0.388 e. The van der Waals surface area contributed by atoms with E-state index in [1.165, 1.54) is 26.1 Å². The Morgan fingerprint density at radius 1 is 1.05 bits per heavy atom. The summed E-state index contributed by atoms with van der Waals surface area (Å²) in [6, 6.07) is 16.7. The van der Waals surface area contributed by atoms with Crippen LogP contribution in [0.25, 0.3) is 10.8 Å². The van der Waals surface area contributed by atoms with Gasteiger partial charge in [0.25, 0.3) is 0 Å². The summed E-state index contributed by atoms with van der Waals surface area (Å²) in [5, 5.41) is 13.0. The van der Waals surface area contributed by atoms with Gasteiger partial charge in [0.2, 0.25) is 0 Å². The normalized spacial score (nSPS) is 12.8. The summed E-state index contributed by atoms with van der Waals surface area (Å²) in [5.41, 5.74) is 2.28. The van der Waals surface area contributed by atoms with E-state index in [0.717, 1.165) is 5.56 Å². The number of aryl methyl sites for hydroxylation is 2. The molecule has 1 atom stereocenters. The van der Waals surface area contributed by atoms with Crippen LogP contribution in [0.2, 0.25) is 0 Å². The maximum Gasteiger partial charge on any atom is 0.0841 e. The molecule has 0 aliphatic heterocycles. The molecule has 2 heteroatoms. The van der Waals surface area contributed by atoms with Gasteiger partial charge < -0.3 is 5.11 Å². The molecule has 0 bridgehead atoms. The lowest BCUT2D eigenvalue weighted by Crippen LogP contribution is -2.02. The Hall–Kier alpha value is -1.64. The average molecular weight is 282 g/mol. The van der Waals surface area contributed by atoms with E-state index in [0.29, 0.717) is 6.42 Å². The van der Waals surface area contributed by atoms with Crippen molar-refractivity contribution >= 4 is 22.1 Å². The number of aliphatic hydroxyl groups is 1. The van der Waals surface area contributed by atoms with Gasteiger partial charge in [-0.05, 0) is 41.8 Å². The van der Waals surface area contributed by atoms with E-state index in [9.17, 15) is 5.11 Å². The molecular weight excluding hydrogens is 264 g/mol. The predicted molar refractivity (Wildman–Crippen MR) is 86.4 cm³/mol. The molecule has 1 nitrogen and oxygen atoms in total. The van der Waals surface area contributed by atoms with Crippen LogP contribution in [-0.2, 0) is 6.42 Å². The topological polar surface area (TPSA) is 20.2 Å². The summed E-state index contributed by atoms with van der Waals surface area (Å²) in [6.07, 6.45) is 0.240. The molecule has 1 heterocycles. The molecule has 3 rings (SSSR count). The summed E-state index contributed by atoms with van der Waals surface area (Å²) in [5.74, 6) is 0. The number of rotatable bonds is 3. The molecule has 0 radical (unpaired) electrons. The minimum absolute atomic E-state index is 0.425. The van der Waals surface area contributed by atoms with Crippen LogP contribution < -0.4 is 0 Å². The van der Waals surface area contributed by atoms with E-state index >= 15 is 0 Å². The molecule has 0 fully saturated rings. The smallest absolute Gasteiger partial charge is 0.0841 e. The van der Waals surface area contributed by atoms with E-state index < -0.39 is 6.10 Å². The molecular formula is C18H18OS. The Bertz CT molecular complexity index is 737. The van der Waals surface area contributed by atoms with Gasteiger partial charge in [-0.1, -0.05) is 42.5 Å². The van der Waals surface area contributed by atoms with Crippen LogP contribution in [0.5, 0.6) is 0 Å². The highest BCUT2D eigenvalue weighted by molar-refractivity contribution is 7.12. The third kappa shape index (κ3) is 2.49. The molecule has 0 saturated heterocycles. The number of benzene rings is 2. The third-order valence-corrected chi connectivity index (χ3v) is 4.71. The Kier molecular flexibility index (Phi) is 3.60. The molecule has 102 valence electrons. The first-order chi connectivity index (χ1) is 9.65. The maximum atomic E-state index is 10.5. The average Bonchev–Trinajstić information content (AvgIpc) is 2.78. The second-order valence-corrected chi connectivity index (χ2v) is 6.69. The van der Waals surface area contributed by atoms with Crippen molar-refractivity contribution < 1.29 is 5.11 Å². The second-order valence-electron chi connectivity index (χ2n) is 5.23. The lowest BCUT2D eigenvalue weighted by molar-refractivity contribution is 0.178. The zero-order chi connectivity index (χ0) is 14.1. The summed E-state index contributed by atoms with van der Waals surface area (Å²) in [6.45, 7) is 4.17. The summed E-state index contributed by atoms with van der Waals surface area (Å²) in [4.78, 5) is 2.48. The highest BCUT2D eigenvalue weighted by atomic mass is 32.1. The molecule has 3 aromatic rings. The fourth-order valence-electron chi connectivity index (χ4n) is 2.77. The number of aliphatic hydroxyl groups excluding tert-OH is 1. The fraction of sp³-hybridized carbons (Fsp3) is 0.222. The molecule has 0 aliphatic carbocycles. The van der Waals surface area contributed by atoms with Crippen molar-refractivity contribution in [3.05, 3.63) is 69.4 Å². The Morgan fingerprint density at radius 2 is 1.80 bits per heavy atom. The van der Waals surface area contributed by atoms with Crippen molar-refractivity contribution in [2.45, 2.75) is 26.4 Å². The van der Waals surface area contributed by atoms with E-state index in [1.807, 2.05) is 0 Å². The highest BCUT2D eigenvalue weighted by Crippen LogP contribution is 2.30. The molecule has 20 heavy (non-hydrogen) atoms. The van der Waals surface area contributed by atoms with Gasteiger partial charge in [0.05, 0.1) is 6.10 Å². The first-order valence-corrected chi connectivity index (χ1v) is 7.68. The molecule has 0 saturated carbocycles. The van der Waals surface area contributed by atoms with E-state index in [2.05, 4.69) is 62.4 Å². The maximum absolute atomic E-state index is 10.5. The monoisotopic (exact) mass is 282 g/mol. The van der Waals surface area contributed by atoms with Gasteiger partial charge >= 0.3 is 0 Å². The number of hydrogen-bond acceptors (Lipinski definition) is 2. The molecule has 1 N–H and O–H groups in total. The van der Waals surface area contributed by atoms with Crippen molar-refractivity contribution in [1.29, 1.82) is 0 Å². The van der Waals surface area contributed by atoms with Gasteiger partial charge in [-0.25, -0.2) is 0 Å². The first kappa shape index (κ1) is 13.3. The van der Waals surface area contributed by atoms with Crippen LogP contribution in [0.3, 0.4) is 0 Å². The standard InChI is InChI=1S/C18H18OS/c1-12-10-17(13(2)20-12)18(19)11-15-8-5-7-14-6-3-4-9-16(14)15/h3-10,18-19H,11H2,1-2H3. The minimum atomic E-state index is -0.425. The fourth-order valence-corrected chi connectivity index (χ4v) is 3.75. The van der Waals surface area contributed by atoms with E-state index in [4.69, 9.17) is 0 Å². The summed E-state index contributed by atoms with van der Waals surface area (Å²) < 4.78 is 0. The van der Waals surface area contributed by atoms with E-state index in [-0.39, 0.29) is 0 Å². The molecule has 1 aromatic heterocycles.